The molecule has 0 unspecified atom stereocenters. The van der Waals surface area contributed by atoms with Gasteiger partial charge < -0.3 is 9.64 Å². The summed E-state index contributed by atoms with van der Waals surface area (Å²) in [4.78, 5) is 18.1. The molecule has 2 N–H and O–H groups in total. The van der Waals surface area contributed by atoms with Crippen molar-refractivity contribution >= 4 is 29.4 Å². The highest BCUT2D eigenvalue weighted by Gasteiger charge is 2.17. The van der Waals surface area contributed by atoms with Crippen LogP contribution in [0.3, 0.4) is 0 Å². The Labute approximate surface area is 136 Å². The summed E-state index contributed by atoms with van der Waals surface area (Å²) in [6.07, 6.45) is 2.23. The van der Waals surface area contributed by atoms with Gasteiger partial charge in [0, 0.05) is 13.1 Å². The number of ether oxygens (including phenoxy) is 1. The number of aromatic amines is 1. The summed E-state index contributed by atoms with van der Waals surface area (Å²) in [6, 6.07) is 3.69. The van der Waals surface area contributed by atoms with Gasteiger partial charge in [-0.1, -0.05) is 11.6 Å². The molecule has 0 atom stereocenters. The highest BCUT2D eigenvalue weighted by molar-refractivity contribution is 6.32. The molecule has 3 rings (SSSR count). The van der Waals surface area contributed by atoms with E-state index >= 15 is 0 Å². The minimum Gasteiger partial charge on any atom is -0.482 e. The van der Waals surface area contributed by atoms with Gasteiger partial charge in [-0.15, -0.1) is 5.10 Å². The zero-order valence-electron chi connectivity index (χ0n) is 12.2. The predicted octanol–water partition coefficient (Wildman–Crippen LogP) is 2.21. The first-order chi connectivity index (χ1) is 11.1. The summed E-state index contributed by atoms with van der Waals surface area (Å²) >= 11 is 5.82. The Hall–Kier alpha value is -2.35. The number of halogens is 2. The Morgan fingerprint density at radius 3 is 2.96 bits per heavy atom. The van der Waals surface area contributed by atoms with Crippen molar-refractivity contribution in [2.24, 2.45) is 0 Å². The zero-order chi connectivity index (χ0) is 16.2. The van der Waals surface area contributed by atoms with Gasteiger partial charge in [0.15, 0.2) is 6.61 Å². The lowest BCUT2D eigenvalue weighted by atomic mass is 10.3. The van der Waals surface area contributed by atoms with E-state index in [1.807, 2.05) is 4.90 Å². The maximum absolute atomic E-state index is 12.9. The Kier molecular flexibility index (Phi) is 4.61. The standard InChI is InChI=1S/C14H15ClFN5O2/c15-10-7-9(16)3-4-11(10)23-8-12(22)17-13-18-14(20-19-13)21-5-1-2-6-21/h3-4,7H,1-2,5-6,8H2,(H2,17,18,19,20,22). The number of amides is 1. The number of H-pyrrole nitrogens is 1. The number of carbonyl (C=O) groups excluding carboxylic acids is 1. The third-order valence-electron chi connectivity index (χ3n) is 3.37. The van der Waals surface area contributed by atoms with E-state index in [1.165, 1.54) is 12.1 Å². The molecule has 0 spiro atoms. The number of benzene rings is 1. The van der Waals surface area contributed by atoms with E-state index in [9.17, 15) is 9.18 Å². The van der Waals surface area contributed by atoms with Crippen molar-refractivity contribution in [3.63, 3.8) is 0 Å². The third-order valence-corrected chi connectivity index (χ3v) is 3.67. The first-order valence-corrected chi connectivity index (χ1v) is 7.54. The smallest absolute Gasteiger partial charge is 0.264 e. The fourth-order valence-electron chi connectivity index (χ4n) is 2.27. The summed E-state index contributed by atoms with van der Waals surface area (Å²) in [5.74, 6) is 0.168. The van der Waals surface area contributed by atoms with Crippen molar-refractivity contribution in [2.75, 3.05) is 29.9 Å². The molecule has 2 heterocycles. The van der Waals surface area contributed by atoms with E-state index in [2.05, 4.69) is 20.5 Å². The molecule has 1 fully saturated rings. The Bertz CT molecular complexity index is 702. The number of hydrogen-bond acceptors (Lipinski definition) is 5. The van der Waals surface area contributed by atoms with Crippen LogP contribution in [0.1, 0.15) is 12.8 Å². The van der Waals surface area contributed by atoms with Crippen LogP contribution in [0.15, 0.2) is 18.2 Å². The second-order valence-electron chi connectivity index (χ2n) is 5.09. The van der Waals surface area contributed by atoms with Crippen molar-refractivity contribution in [3.05, 3.63) is 29.0 Å². The molecular formula is C14H15ClFN5O2. The predicted molar refractivity (Wildman–Crippen MR) is 83.4 cm³/mol. The molecule has 1 saturated heterocycles. The van der Waals surface area contributed by atoms with E-state index in [-0.39, 0.29) is 23.3 Å². The van der Waals surface area contributed by atoms with Crippen LogP contribution in [0.4, 0.5) is 16.3 Å². The molecule has 1 aliphatic heterocycles. The van der Waals surface area contributed by atoms with Gasteiger partial charge >= 0.3 is 0 Å². The van der Waals surface area contributed by atoms with Gasteiger partial charge in [0.05, 0.1) is 5.02 Å². The molecule has 7 nitrogen and oxygen atoms in total. The summed E-state index contributed by atoms with van der Waals surface area (Å²) in [5.41, 5.74) is 0. The Morgan fingerprint density at radius 2 is 2.22 bits per heavy atom. The van der Waals surface area contributed by atoms with Crippen LogP contribution in [0.2, 0.25) is 5.02 Å². The van der Waals surface area contributed by atoms with Crippen LogP contribution in [0, 0.1) is 5.82 Å². The molecule has 2 aromatic rings. The number of rotatable bonds is 5. The normalized spacial score (nSPS) is 14.1. The number of anilines is 2. The van der Waals surface area contributed by atoms with Gasteiger partial charge in [-0.3, -0.25) is 10.1 Å². The Balaban J connectivity index is 1.53. The zero-order valence-corrected chi connectivity index (χ0v) is 12.9. The fourth-order valence-corrected chi connectivity index (χ4v) is 2.49. The maximum Gasteiger partial charge on any atom is 0.264 e. The van der Waals surface area contributed by atoms with Crippen LogP contribution in [-0.4, -0.2) is 40.8 Å². The first kappa shape index (κ1) is 15.5. The molecule has 9 heteroatoms. The average Bonchev–Trinajstić information content (AvgIpc) is 3.17. The minimum absolute atomic E-state index is 0.105. The lowest BCUT2D eigenvalue weighted by Crippen LogP contribution is -2.21. The van der Waals surface area contributed by atoms with Crippen molar-refractivity contribution in [3.8, 4) is 5.75 Å². The topological polar surface area (TPSA) is 83.1 Å². The number of carbonyl (C=O) groups is 1. The molecule has 1 aromatic carbocycles. The third kappa shape index (κ3) is 3.89. The summed E-state index contributed by atoms with van der Waals surface area (Å²) in [7, 11) is 0. The first-order valence-electron chi connectivity index (χ1n) is 7.17. The molecule has 1 aliphatic rings. The van der Waals surface area contributed by atoms with E-state index in [4.69, 9.17) is 16.3 Å². The van der Waals surface area contributed by atoms with Crippen LogP contribution >= 0.6 is 11.6 Å². The van der Waals surface area contributed by atoms with Crippen molar-refractivity contribution in [1.82, 2.24) is 15.2 Å². The number of nitrogens with one attached hydrogen (secondary N) is 2. The largest absolute Gasteiger partial charge is 0.482 e. The van der Waals surface area contributed by atoms with Crippen molar-refractivity contribution < 1.29 is 13.9 Å². The number of aromatic nitrogens is 3. The molecular weight excluding hydrogens is 325 g/mol. The van der Waals surface area contributed by atoms with Gasteiger partial charge in [-0.05, 0) is 31.0 Å². The molecule has 122 valence electrons. The van der Waals surface area contributed by atoms with Gasteiger partial charge in [0.25, 0.3) is 5.91 Å². The van der Waals surface area contributed by atoms with E-state index in [0.29, 0.717) is 5.95 Å². The second kappa shape index (κ2) is 6.82. The SMILES string of the molecule is O=C(COc1ccc(F)cc1Cl)Nc1nc(N2CCCC2)n[nH]1. The average molecular weight is 340 g/mol. The van der Waals surface area contributed by atoms with E-state index in [0.717, 1.165) is 32.0 Å². The monoisotopic (exact) mass is 339 g/mol. The van der Waals surface area contributed by atoms with Gasteiger partial charge in [-0.25, -0.2) is 9.49 Å². The lowest BCUT2D eigenvalue weighted by Gasteiger charge is -2.10. The molecule has 1 amide bonds. The highest BCUT2D eigenvalue weighted by atomic mass is 35.5. The van der Waals surface area contributed by atoms with Gasteiger partial charge in [0.2, 0.25) is 11.9 Å². The number of hydrogen-bond donors (Lipinski definition) is 2. The minimum atomic E-state index is -0.470. The van der Waals surface area contributed by atoms with Crippen LogP contribution in [-0.2, 0) is 4.79 Å². The van der Waals surface area contributed by atoms with E-state index < -0.39 is 11.7 Å². The highest BCUT2D eigenvalue weighted by Crippen LogP contribution is 2.24. The van der Waals surface area contributed by atoms with Crippen molar-refractivity contribution in [2.45, 2.75) is 12.8 Å². The molecule has 0 aliphatic carbocycles. The number of nitrogens with zero attached hydrogens (tertiary/aromatic N) is 3. The molecule has 0 bridgehead atoms. The van der Waals surface area contributed by atoms with Crippen LogP contribution in [0.5, 0.6) is 5.75 Å². The summed E-state index contributed by atoms with van der Waals surface area (Å²) in [5, 5.41) is 9.38. The van der Waals surface area contributed by atoms with Gasteiger partial charge in [0.1, 0.15) is 11.6 Å². The maximum atomic E-state index is 12.9. The lowest BCUT2D eigenvalue weighted by molar-refractivity contribution is -0.118. The summed E-state index contributed by atoms with van der Waals surface area (Å²) < 4.78 is 18.2. The van der Waals surface area contributed by atoms with Crippen LogP contribution in [0.25, 0.3) is 0 Å². The molecule has 23 heavy (non-hydrogen) atoms. The molecule has 0 radical (unpaired) electrons. The fraction of sp³-hybridized carbons (Fsp3) is 0.357. The van der Waals surface area contributed by atoms with Gasteiger partial charge in [-0.2, -0.15) is 4.98 Å². The Morgan fingerprint density at radius 1 is 1.43 bits per heavy atom. The summed E-state index contributed by atoms with van der Waals surface area (Å²) in [6.45, 7) is 1.56. The quantitative estimate of drug-likeness (QED) is 0.872. The van der Waals surface area contributed by atoms with E-state index in [1.54, 1.807) is 0 Å². The van der Waals surface area contributed by atoms with Crippen molar-refractivity contribution in [1.29, 1.82) is 0 Å². The van der Waals surface area contributed by atoms with Crippen LogP contribution < -0.4 is 15.0 Å². The molecule has 1 aromatic heterocycles. The second-order valence-corrected chi connectivity index (χ2v) is 5.50. The molecule has 0 saturated carbocycles.